The molecular weight excluding hydrogens is 396 g/mol. The summed E-state index contributed by atoms with van der Waals surface area (Å²) in [6.45, 7) is 5.83. The van der Waals surface area contributed by atoms with Crippen molar-refractivity contribution in [3.8, 4) is 10.6 Å². The third-order valence-electron chi connectivity index (χ3n) is 4.70. The van der Waals surface area contributed by atoms with Gasteiger partial charge in [0.2, 0.25) is 16.9 Å². The zero-order valence-corrected chi connectivity index (χ0v) is 18.2. The summed E-state index contributed by atoms with van der Waals surface area (Å²) in [4.78, 5) is 25.2. The number of rotatable bonds is 8. The summed E-state index contributed by atoms with van der Waals surface area (Å²) in [6, 6.07) is 17.2. The van der Waals surface area contributed by atoms with E-state index < -0.39 is 6.04 Å². The van der Waals surface area contributed by atoms with Crippen molar-refractivity contribution in [3.05, 3.63) is 65.7 Å². The molecule has 0 aliphatic heterocycles. The molecule has 1 atom stereocenters. The molecule has 0 bridgehead atoms. The lowest BCUT2D eigenvalue weighted by molar-refractivity contribution is -0.127. The van der Waals surface area contributed by atoms with Gasteiger partial charge in [-0.05, 0) is 24.8 Å². The molecule has 3 rings (SSSR count). The van der Waals surface area contributed by atoms with Crippen LogP contribution in [0, 0.1) is 12.8 Å². The lowest BCUT2D eigenvalue weighted by Crippen LogP contribution is -2.47. The molecule has 1 heterocycles. The van der Waals surface area contributed by atoms with E-state index in [9.17, 15) is 9.59 Å². The zero-order valence-electron chi connectivity index (χ0n) is 17.4. The van der Waals surface area contributed by atoms with Crippen LogP contribution in [0.2, 0.25) is 0 Å². The largest absolute Gasteiger partial charge is 0.344 e. The zero-order chi connectivity index (χ0) is 21.5. The molecule has 1 aromatic heterocycles. The van der Waals surface area contributed by atoms with Gasteiger partial charge in [-0.25, -0.2) is 0 Å². The van der Waals surface area contributed by atoms with Crippen molar-refractivity contribution >= 4 is 28.3 Å². The van der Waals surface area contributed by atoms with E-state index in [1.54, 1.807) is 0 Å². The summed E-state index contributed by atoms with van der Waals surface area (Å²) >= 11 is 1.31. The molecule has 2 amide bonds. The van der Waals surface area contributed by atoms with Gasteiger partial charge < -0.3 is 5.32 Å². The Hall–Kier alpha value is -3.06. The van der Waals surface area contributed by atoms with Crippen LogP contribution in [-0.2, 0) is 16.0 Å². The predicted octanol–water partition coefficient (Wildman–Crippen LogP) is 4.23. The number of amides is 2. The van der Waals surface area contributed by atoms with E-state index in [1.807, 2.05) is 75.4 Å². The van der Waals surface area contributed by atoms with Crippen molar-refractivity contribution < 1.29 is 9.59 Å². The molecule has 0 saturated heterocycles. The Morgan fingerprint density at radius 1 is 1.00 bits per heavy atom. The van der Waals surface area contributed by atoms with Crippen molar-refractivity contribution in [1.82, 2.24) is 15.5 Å². The van der Waals surface area contributed by atoms with E-state index in [-0.39, 0.29) is 17.7 Å². The summed E-state index contributed by atoms with van der Waals surface area (Å²) in [6.07, 6.45) is 0.965. The van der Waals surface area contributed by atoms with Crippen molar-refractivity contribution in [2.45, 2.75) is 39.7 Å². The molecule has 0 radical (unpaired) electrons. The van der Waals surface area contributed by atoms with E-state index in [0.29, 0.717) is 18.0 Å². The average molecular weight is 423 g/mol. The predicted molar refractivity (Wildman–Crippen MR) is 120 cm³/mol. The lowest BCUT2D eigenvalue weighted by atomic mass is 10.0. The first kappa shape index (κ1) is 21.6. The highest BCUT2D eigenvalue weighted by molar-refractivity contribution is 7.18. The standard InChI is InChI=1S/C23H26N4O2S/c1-15(2)20(24-19(28)14-11-17-7-5-4-6-8-17)21(29)25-23-27-26-22(30-23)18-12-9-16(3)10-13-18/h4-10,12-13,15,20H,11,14H2,1-3H3,(H,24,28)(H,25,27,29). The van der Waals surface area contributed by atoms with Gasteiger partial charge in [0.1, 0.15) is 11.0 Å². The number of aryl methyl sites for hydroxylation is 2. The Morgan fingerprint density at radius 3 is 2.37 bits per heavy atom. The number of nitrogens with zero attached hydrogens (tertiary/aromatic N) is 2. The molecule has 1 unspecified atom stereocenters. The van der Waals surface area contributed by atoms with E-state index in [2.05, 4.69) is 20.8 Å². The van der Waals surface area contributed by atoms with Gasteiger partial charge in [0.05, 0.1) is 0 Å². The summed E-state index contributed by atoms with van der Waals surface area (Å²) < 4.78 is 0. The topological polar surface area (TPSA) is 84.0 Å². The van der Waals surface area contributed by atoms with Crippen LogP contribution < -0.4 is 10.6 Å². The smallest absolute Gasteiger partial charge is 0.249 e. The molecule has 0 aliphatic carbocycles. The van der Waals surface area contributed by atoms with Crippen LogP contribution in [0.4, 0.5) is 5.13 Å². The third-order valence-corrected chi connectivity index (χ3v) is 5.59. The van der Waals surface area contributed by atoms with Gasteiger partial charge in [0.25, 0.3) is 0 Å². The van der Waals surface area contributed by atoms with Gasteiger partial charge >= 0.3 is 0 Å². The Kier molecular flexibility index (Phi) is 7.30. The Labute approximate surface area is 180 Å². The summed E-state index contributed by atoms with van der Waals surface area (Å²) in [7, 11) is 0. The first-order chi connectivity index (χ1) is 14.4. The highest BCUT2D eigenvalue weighted by Crippen LogP contribution is 2.26. The summed E-state index contributed by atoms with van der Waals surface area (Å²) in [5.74, 6) is -0.495. The quantitative estimate of drug-likeness (QED) is 0.569. The maximum absolute atomic E-state index is 12.8. The van der Waals surface area contributed by atoms with Crippen LogP contribution in [0.1, 0.15) is 31.4 Å². The minimum absolute atomic E-state index is 0.0600. The fourth-order valence-corrected chi connectivity index (χ4v) is 3.70. The fraction of sp³-hybridized carbons (Fsp3) is 0.304. The summed E-state index contributed by atoms with van der Waals surface area (Å²) in [5, 5.41) is 15.0. The van der Waals surface area contributed by atoms with Gasteiger partial charge in [-0.1, -0.05) is 85.3 Å². The molecule has 30 heavy (non-hydrogen) atoms. The molecule has 7 heteroatoms. The first-order valence-corrected chi connectivity index (χ1v) is 10.8. The van der Waals surface area contributed by atoms with Gasteiger partial charge in [-0.15, -0.1) is 10.2 Å². The molecule has 156 valence electrons. The fourth-order valence-electron chi connectivity index (χ4n) is 2.95. The van der Waals surface area contributed by atoms with Crippen LogP contribution in [0.15, 0.2) is 54.6 Å². The third kappa shape index (κ3) is 5.97. The number of hydrogen-bond donors (Lipinski definition) is 2. The number of anilines is 1. The number of carbonyl (C=O) groups excluding carboxylic acids is 2. The van der Waals surface area contributed by atoms with Crippen LogP contribution in [0.3, 0.4) is 0 Å². The van der Waals surface area contributed by atoms with Crippen molar-refractivity contribution in [3.63, 3.8) is 0 Å². The highest BCUT2D eigenvalue weighted by atomic mass is 32.1. The van der Waals surface area contributed by atoms with Crippen molar-refractivity contribution in [2.24, 2.45) is 5.92 Å². The monoisotopic (exact) mass is 422 g/mol. The maximum atomic E-state index is 12.8. The van der Waals surface area contributed by atoms with Crippen LogP contribution in [-0.4, -0.2) is 28.1 Å². The molecule has 0 spiro atoms. The van der Waals surface area contributed by atoms with Crippen LogP contribution in [0.5, 0.6) is 0 Å². The number of hydrogen-bond acceptors (Lipinski definition) is 5. The highest BCUT2D eigenvalue weighted by Gasteiger charge is 2.25. The Bertz CT molecular complexity index is 984. The number of carbonyl (C=O) groups is 2. The van der Waals surface area contributed by atoms with Crippen molar-refractivity contribution in [1.29, 1.82) is 0 Å². The average Bonchev–Trinajstić information content (AvgIpc) is 3.20. The van der Waals surface area contributed by atoms with E-state index in [4.69, 9.17) is 0 Å². The van der Waals surface area contributed by atoms with Crippen molar-refractivity contribution in [2.75, 3.05) is 5.32 Å². The van der Waals surface area contributed by atoms with E-state index >= 15 is 0 Å². The van der Waals surface area contributed by atoms with Gasteiger partial charge in [-0.2, -0.15) is 0 Å². The number of aromatic nitrogens is 2. The molecule has 0 saturated carbocycles. The normalized spacial score (nSPS) is 11.9. The molecule has 3 aromatic rings. The molecule has 2 aromatic carbocycles. The number of benzene rings is 2. The minimum atomic E-state index is -0.639. The van der Waals surface area contributed by atoms with Crippen LogP contribution in [0.25, 0.3) is 10.6 Å². The minimum Gasteiger partial charge on any atom is -0.344 e. The second kappa shape index (κ2) is 10.1. The second-order valence-electron chi connectivity index (χ2n) is 7.54. The molecule has 6 nitrogen and oxygen atoms in total. The molecule has 2 N–H and O–H groups in total. The molecule has 0 aliphatic rings. The first-order valence-electron chi connectivity index (χ1n) is 9.97. The maximum Gasteiger partial charge on any atom is 0.249 e. The van der Waals surface area contributed by atoms with Gasteiger partial charge in [0, 0.05) is 12.0 Å². The summed E-state index contributed by atoms with van der Waals surface area (Å²) in [5.41, 5.74) is 3.21. The lowest BCUT2D eigenvalue weighted by Gasteiger charge is -2.21. The van der Waals surface area contributed by atoms with E-state index in [0.717, 1.165) is 16.1 Å². The van der Waals surface area contributed by atoms with Crippen LogP contribution >= 0.6 is 11.3 Å². The Balaban J connectivity index is 1.58. The SMILES string of the molecule is Cc1ccc(-c2nnc(NC(=O)C(NC(=O)CCc3ccccc3)C(C)C)s2)cc1. The second-order valence-corrected chi connectivity index (χ2v) is 8.52. The molecule has 0 fully saturated rings. The van der Waals surface area contributed by atoms with Gasteiger partial charge in [0.15, 0.2) is 0 Å². The number of nitrogens with one attached hydrogen (secondary N) is 2. The molecular formula is C23H26N4O2S. The Morgan fingerprint density at radius 2 is 1.70 bits per heavy atom. The van der Waals surface area contributed by atoms with E-state index in [1.165, 1.54) is 16.9 Å². The van der Waals surface area contributed by atoms with Gasteiger partial charge in [-0.3, -0.25) is 14.9 Å².